The molecule has 0 spiro atoms. The van der Waals surface area contributed by atoms with E-state index in [1.54, 1.807) is 16.9 Å². The third kappa shape index (κ3) is 6.14. The first-order chi connectivity index (χ1) is 17.5. The molecular formula is C22H26F5N7O3. The van der Waals surface area contributed by atoms with E-state index in [4.69, 9.17) is 4.74 Å². The summed E-state index contributed by atoms with van der Waals surface area (Å²) in [5.74, 6) is 0.180. The van der Waals surface area contributed by atoms with E-state index >= 15 is 0 Å². The van der Waals surface area contributed by atoms with Crippen LogP contribution in [0, 0.1) is 0 Å². The number of nitrogens with one attached hydrogen (secondary N) is 2. The van der Waals surface area contributed by atoms with Crippen LogP contribution in [0.1, 0.15) is 43.7 Å². The number of alkyl halides is 5. The first-order valence-electron chi connectivity index (χ1n) is 11.7. The molecule has 2 aromatic rings. The molecule has 10 nitrogen and oxygen atoms in total. The number of carbonyl (C=O) groups excluding carboxylic acids is 1. The molecule has 4 rings (SSSR count). The molecule has 0 aliphatic carbocycles. The molecule has 0 saturated carbocycles. The van der Waals surface area contributed by atoms with Gasteiger partial charge in [0.25, 0.3) is 17.9 Å². The summed E-state index contributed by atoms with van der Waals surface area (Å²) in [4.78, 5) is 36.2. The van der Waals surface area contributed by atoms with Gasteiger partial charge in [-0.15, -0.1) is 0 Å². The summed E-state index contributed by atoms with van der Waals surface area (Å²) < 4.78 is 70.8. The Bertz CT molecular complexity index is 1140. The number of hydrogen-bond acceptors (Lipinski definition) is 8. The van der Waals surface area contributed by atoms with Gasteiger partial charge in [-0.1, -0.05) is 0 Å². The summed E-state index contributed by atoms with van der Waals surface area (Å²) in [5.41, 5.74) is -3.44. The molecule has 37 heavy (non-hydrogen) atoms. The number of anilines is 2. The largest absolute Gasteiger partial charge is 0.423 e. The van der Waals surface area contributed by atoms with Crippen LogP contribution in [0.4, 0.5) is 33.6 Å². The normalized spacial score (nSPS) is 20.1. The van der Waals surface area contributed by atoms with E-state index in [-0.39, 0.29) is 24.1 Å². The van der Waals surface area contributed by atoms with Gasteiger partial charge in [0, 0.05) is 50.5 Å². The number of rotatable bonds is 8. The highest BCUT2D eigenvalue weighted by molar-refractivity contribution is 5.83. The zero-order valence-corrected chi connectivity index (χ0v) is 19.8. The highest BCUT2D eigenvalue weighted by atomic mass is 19.4. The van der Waals surface area contributed by atoms with Crippen molar-refractivity contribution >= 4 is 17.5 Å². The number of likely N-dealkylation sites (tertiary alicyclic amines) is 1. The minimum absolute atomic E-state index is 0.0234. The lowest BCUT2D eigenvalue weighted by atomic mass is 10.0. The number of aromatic amines is 1. The highest BCUT2D eigenvalue weighted by Gasteiger charge is 2.39. The van der Waals surface area contributed by atoms with Crippen molar-refractivity contribution in [1.29, 1.82) is 0 Å². The number of piperidine rings is 1. The number of H-pyrrole nitrogens is 1. The van der Waals surface area contributed by atoms with E-state index in [0.29, 0.717) is 44.8 Å². The molecule has 0 bridgehead atoms. The van der Waals surface area contributed by atoms with Crippen LogP contribution in [0.25, 0.3) is 0 Å². The zero-order valence-electron chi connectivity index (χ0n) is 19.8. The topological polar surface area (TPSA) is 116 Å². The van der Waals surface area contributed by atoms with E-state index in [0.717, 1.165) is 18.6 Å². The quantitative estimate of drug-likeness (QED) is 0.500. The number of nitrogens with zero attached hydrogens (tertiary/aromatic N) is 5. The van der Waals surface area contributed by atoms with Crippen LogP contribution < -0.4 is 15.8 Å². The van der Waals surface area contributed by atoms with Crippen LogP contribution in [0.15, 0.2) is 23.4 Å². The molecule has 2 atom stereocenters. The molecular weight excluding hydrogens is 505 g/mol. The third-order valence-electron chi connectivity index (χ3n) is 6.38. The summed E-state index contributed by atoms with van der Waals surface area (Å²) in [6.07, 6.45) is -3.37. The lowest BCUT2D eigenvalue weighted by Gasteiger charge is -2.36. The van der Waals surface area contributed by atoms with E-state index < -0.39 is 41.6 Å². The summed E-state index contributed by atoms with van der Waals surface area (Å²) in [7, 11) is 0. The van der Waals surface area contributed by atoms with Crippen molar-refractivity contribution in [2.75, 3.05) is 36.5 Å². The van der Waals surface area contributed by atoms with Gasteiger partial charge in [0.1, 0.15) is 11.7 Å². The Morgan fingerprint density at radius 1 is 1.11 bits per heavy atom. The van der Waals surface area contributed by atoms with Crippen LogP contribution in [0.2, 0.25) is 0 Å². The van der Waals surface area contributed by atoms with Crippen molar-refractivity contribution in [2.24, 2.45) is 0 Å². The summed E-state index contributed by atoms with van der Waals surface area (Å²) >= 11 is 0. The predicted octanol–water partition coefficient (Wildman–Crippen LogP) is 2.60. The van der Waals surface area contributed by atoms with E-state index in [9.17, 15) is 31.5 Å². The van der Waals surface area contributed by atoms with Gasteiger partial charge in [0.15, 0.2) is 0 Å². The number of amides is 1. The molecule has 4 heterocycles. The third-order valence-corrected chi connectivity index (χ3v) is 6.38. The second-order valence-corrected chi connectivity index (χ2v) is 9.01. The van der Waals surface area contributed by atoms with Gasteiger partial charge in [-0.25, -0.2) is 23.8 Å². The standard InChI is InChI=1S/C22H26F5N7O3/c1-12(31-15-10-30-32-19(35)17(15)22(25,26)27)11-37-16-4-7-34(20(16)36)14-2-5-33(6-3-14)21-28-8-13(9-29-21)18(23)24/h8-10,12,14,16,18H,2-7,11H2,1H3,(H2,31,32,35)/t12?,16-/m1/s1. The first-order valence-corrected chi connectivity index (χ1v) is 11.7. The van der Waals surface area contributed by atoms with Gasteiger partial charge in [-0.2, -0.15) is 18.3 Å². The van der Waals surface area contributed by atoms with E-state index in [2.05, 4.69) is 20.4 Å². The molecule has 2 N–H and O–H groups in total. The molecule has 1 amide bonds. The minimum atomic E-state index is -4.86. The maximum Gasteiger partial charge on any atom is 0.423 e. The van der Waals surface area contributed by atoms with Crippen molar-refractivity contribution in [2.45, 2.75) is 57.0 Å². The number of aromatic nitrogens is 4. The lowest BCUT2D eigenvalue weighted by Crippen LogP contribution is -2.47. The molecule has 1 unspecified atom stereocenters. The molecule has 2 fully saturated rings. The van der Waals surface area contributed by atoms with Crippen molar-refractivity contribution < 1.29 is 31.5 Å². The molecule has 15 heteroatoms. The van der Waals surface area contributed by atoms with Gasteiger partial charge in [-0.3, -0.25) is 9.59 Å². The summed E-state index contributed by atoms with van der Waals surface area (Å²) in [6.45, 7) is 3.12. The van der Waals surface area contributed by atoms with E-state index in [1.807, 2.05) is 4.90 Å². The van der Waals surface area contributed by atoms with Crippen LogP contribution in [0.3, 0.4) is 0 Å². The smallest absolute Gasteiger partial charge is 0.378 e. The maximum atomic E-state index is 13.2. The molecule has 2 aliphatic rings. The SMILES string of the molecule is CC(CO[C@@H]1CCN(C2CCN(c3ncc(C(F)F)cn3)CC2)C1=O)Nc1cn[nH]c(=O)c1C(F)(F)F. The minimum Gasteiger partial charge on any atom is -0.378 e. The molecule has 202 valence electrons. The molecule has 2 aliphatic heterocycles. The fourth-order valence-electron chi connectivity index (χ4n) is 4.53. The number of halogens is 5. The Hall–Kier alpha value is -3.36. The summed E-state index contributed by atoms with van der Waals surface area (Å²) in [5, 5.41) is 7.78. The van der Waals surface area contributed by atoms with Crippen molar-refractivity contribution in [3.63, 3.8) is 0 Å². The van der Waals surface area contributed by atoms with Gasteiger partial charge >= 0.3 is 6.18 Å². The number of ether oxygens (including phenoxy) is 1. The Morgan fingerprint density at radius 2 is 1.78 bits per heavy atom. The van der Waals surface area contributed by atoms with Crippen molar-refractivity contribution in [3.05, 3.63) is 40.1 Å². The fraction of sp³-hybridized carbons (Fsp3) is 0.591. The highest BCUT2D eigenvalue weighted by Crippen LogP contribution is 2.32. The molecule has 2 saturated heterocycles. The first kappa shape index (κ1) is 26.7. The van der Waals surface area contributed by atoms with Gasteiger partial charge < -0.3 is 19.9 Å². The molecule has 0 radical (unpaired) electrons. The summed E-state index contributed by atoms with van der Waals surface area (Å²) in [6, 6.07) is -0.657. The Balaban J connectivity index is 1.27. The van der Waals surface area contributed by atoms with Crippen LogP contribution in [-0.2, 0) is 15.7 Å². The van der Waals surface area contributed by atoms with Crippen molar-refractivity contribution in [1.82, 2.24) is 25.1 Å². The van der Waals surface area contributed by atoms with Gasteiger partial charge in [-0.05, 0) is 19.8 Å². The van der Waals surface area contributed by atoms with Gasteiger partial charge in [0.2, 0.25) is 5.95 Å². The molecule has 0 aromatic carbocycles. The Labute approximate surface area is 208 Å². The average Bonchev–Trinajstić information content (AvgIpc) is 3.22. The molecule has 2 aromatic heterocycles. The average molecular weight is 531 g/mol. The number of hydrogen-bond donors (Lipinski definition) is 2. The van der Waals surface area contributed by atoms with Gasteiger partial charge in [0.05, 0.1) is 24.1 Å². The fourth-order valence-corrected chi connectivity index (χ4v) is 4.53. The zero-order chi connectivity index (χ0) is 26.7. The Kier molecular flexibility index (Phi) is 7.90. The van der Waals surface area contributed by atoms with E-state index in [1.165, 1.54) is 0 Å². The Morgan fingerprint density at radius 3 is 2.41 bits per heavy atom. The van der Waals surface area contributed by atoms with Crippen LogP contribution in [-0.4, -0.2) is 75.4 Å². The second kappa shape index (κ2) is 10.9. The predicted molar refractivity (Wildman–Crippen MR) is 121 cm³/mol. The van der Waals surface area contributed by atoms with Crippen LogP contribution in [0.5, 0.6) is 0 Å². The lowest BCUT2D eigenvalue weighted by molar-refractivity contribution is -0.139. The number of carbonyl (C=O) groups is 1. The van der Waals surface area contributed by atoms with Crippen molar-refractivity contribution in [3.8, 4) is 0 Å². The second-order valence-electron chi connectivity index (χ2n) is 9.01. The van der Waals surface area contributed by atoms with Crippen LogP contribution >= 0.6 is 0 Å². The monoisotopic (exact) mass is 531 g/mol. The maximum absolute atomic E-state index is 13.2.